The topological polar surface area (TPSA) is 78.3 Å². The standard InChI is InChI=1S/C24H18N4O3S/c1-14-8-22(26-23(29)10-15-6-7-16-4-2-3-5-17(16)9-15)28(27-14)24-25-18-11-19-20(31-13-30-19)12-21(18)32-24/h2-9,11-12H,10,13H2,1H3,(H,26,29). The number of nitrogens with one attached hydrogen (secondary N) is 1. The summed E-state index contributed by atoms with van der Waals surface area (Å²) in [5.74, 6) is 1.89. The van der Waals surface area contributed by atoms with Crippen molar-refractivity contribution in [1.82, 2.24) is 14.8 Å². The maximum absolute atomic E-state index is 12.8. The van der Waals surface area contributed by atoms with Gasteiger partial charge in [-0.1, -0.05) is 53.8 Å². The van der Waals surface area contributed by atoms with E-state index in [1.54, 1.807) is 4.68 Å². The molecule has 0 spiro atoms. The van der Waals surface area contributed by atoms with Gasteiger partial charge in [0.1, 0.15) is 5.82 Å². The molecule has 1 aliphatic heterocycles. The molecule has 0 fully saturated rings. The van der Waals surface area contributed by atoms with Crippen molar-refractivity contribution in [2.75, 3.05) is 12.1 Å². The van der Waals surface area contributed by atoms with Gasteiger partial charge < -0.3 is 14.8 Å². The summed E-state index contributed by atoms with van der Waals surface area (Å²) in [6.07, 6.45) is 0.274. The van der Waals surface area contributed by atoms with Gasteiger partial charge in [-0.15, -0.1) is 0 Å². The molecule has 158 valence electrons. The second-order valence-corrected chi connectivity index (χ2v) is 8.67. The SMILES string of the molecule is Cc1cc(NC(=O)Cc2ccc3ccccc3c2)n(-c2nc3cc4c(cc3s2)OCO4)n1. The van der Waals surface area contributed by atoms with Crippen molar-refractivity contribution in [2.45, 2.75) is 13.3 Å². The Bertz CT molecular complexity index is 1460. The molecule has 0 aliphatic carbocycles. The smallest absolute Gasteiger partial charge is 0.231 e. The minimum atomic E-state index is -0.108. The summed E-state index contributed by atoms with van der Waals surface area (Å²) in [5.41, 5.74) is 2.55. The fourth-order valence-corrected chi connectivity index (χ4v) is 4.79. The second-order valence-electron chi connectivity index (χ2n) is 7.66. The average molecular weight is 443 g/mol. The van der Waals surface area contributed by atoms with Gasteiger partial charge in [0.2, 0.25) is 17.8 Å². The van der Waals surface area contributed by atoms with Crippen molar-refractivity contribution in [2.24, 2.45) is 0 Å². The molecule has 0 radical (unpaired) electrons. The Hall–Kier alpha value is -3.91. The average Bonchev–Trinajstić information content (AvgIpc) is 3.49. The van der Waals surface area contributed by atoms with Crippen molar-refractivity contribution in [3.63, 3.8) is 0 Å². The van der Waals surface area contributed by atoms with Crippen LogP contribution < -0.4 is 14.8 Å². The van der Waals surface area contributed by atoms with Gasteiger partial charge in [0, 0.05) is 18.2 Å². The number of fused-ring (bicyclic) bond motifs is 3. The number of amides is 1. The van der Waals surface area contributed by atoms with Gasteiger partial charge in [-0.05, 0) is 23.3 Å². The van der Waals surface area contributed by atoms with Crippen LogP contribution in [0.5, 0.6) is 11.5 Å². The molecule has 0 bridgehead atoms. The molecular formula is C24H18N4O3S. The number of carbonyl (C=O) groups excluding carboxylic acids is 1. The number of carbonyl (C=O) groups is 1. The highest BCUT2D eigenvalue weighted by atomic mass is 32.1. The van der Waals surface area contributed by atoms with E-state index in [4.69, 9.17) is 14.5 Å². The van der Waals surface area contributed by atoms with Crippen LogP contribution in [-0.4, -0.2) is 27.5 Å². The number of hydrogen-bond donors (Lipinski definition) is 1. The Morgan fingerprint density at radius 1 is 1.06 bits per heavy atom. The van der Waals surface area contributed by atoms with Crippen molar-refractivity contribution in [3.05, 3.63) is 71.9 Å². The number of anilines is 1. The summed E-state index contributed by atoms with van der Waals surface area (Å²) in [6, 6.07) is 19.8. The third kappa shape index (κ3) is 3.34. The third-order valence-corrected chi connectivity index (χ3v) is 6.32. The Labute approximate surface area is 187 Å². The molecule has 3 aromatic carbocycles. The lowest BCUT2D eigenvalue weighted by molar-refractivity contribution is -0.115. The Balaban J connectivity index is 1.27. The monoisotopic (exact) mass is 442 g/mol. The van der Waals surface area contributed by atoms with Gasteiger partial charge in [0.05, 0.1) is 22.3 Å². The summed E-state index contributed by atoms with van der Waals surface area (Å²) in [6.45, 7) is 2.12. The van der Waals surface area contributed by atoms with Crippen LogP contribution in [0.1, 0.15) is 11.3 Å². The van der Waals surface area contributed by atoms with E-state index in [0.29, 0.717) is 22.4 Å². The first-order valence-corrected chi connectivity index (χ1v) is 11.0. The van der Waals surface area contributed by atoms with Crippen LogP contribution in [-0.2, 0) is 11.2 Å². The van der Waals surface area contributed by atoms with Crippen LogP contribution in [0.15, 0.2) is 60.7 Å². The number of aromatic nitrogens is 3. The molecule has 2 aromatic heterocycles. The highest BCUT2D eigenvalue weighted by Gasteiger charge is 2.19. The predicted octanol–water partition coefficient (Wildman–Crippen LogP) is 4.85. The summed E-state index contributed by atoms with van der Waals surface area (Å²) in [4.78, 5) is 17.5. The van der Waals surface area contributed by atoms with Gasteiger partial charge in [-0.2, -0.15) is 9.78 Å². The van der Waals surface area contributed by atoms with Crippen LogP contribution in [0.2, 0.25) is 0 Å². The van der Waals surface area contributed by atoms with Crippen LogP contribution in [0, 0.1) is 6.92 Å². The van der Waals surface area contributed by atoms with E-state index in [-0.39, 0.29) is 19.1 Å². The summed E-state index contributed by atoms with van der Waals surface area (Å²) in [7, 11) is 0. The molecule has 1 N–H and O–H groups in total. The molecule has 0 unspecified atom stereocenters. The first-order chi connectivity index (χ1) is 15.6. The molecule has 0 saturated heterocycles. The minimum Gasteiger partial charge on any atom is -0.454 e. The molecule has 0 saturated carbocycles. The number of thiazole rings is 1. The Morgan fingerprint density at radius 3 is 2.75 bits per heavy atom. The maximum Gasteiger partial charge on any atom is 0.231 e. The van der Waals surface area contributed by atoms with E-state index in [0.717, 1.165) is 32.2 Å². The van der Waals surface area contributed by atoms with E-state index in [9.17, 15) is 4.79 Å². The van der Waals surface area contributed by atoms with E-state index in [2.05, 4.69) is 16.5 Å². The fraction of sp³-hybridized carbons (Fsp3) is 0.125. The quantitative estimate of drug-likeness (QED) is 0.430. The zero-order valence-electron chi connectivity index (χ0n) is 17.2. The highest BCUT2D eigenvalue weighted by Crippen LogP contribution is 2.39. The second kappa shape index (κ2) is 7.35. The van der Waals surface area contributed by atoms with E-state index < -0.39 is 0 Å². The maximum atomic E-state index is 12.8. The molecule has 1 amide bonds. The van der Waals surface area contributed by atoms with Crippen molar-refractivity contribution in [1.29, 1.82) is 0 Å². The van der Waals surface area contributed by atoms with Crippen LogP contribution in [0.4, 0.5) is 5.82 Å². The van der Waals surface area contributed by atoms with Gasteiger partial charge in [-0.3, -0.25) is 4.79 Å². The van der Waals surface area contributed by atoms with Gasteiger partial charge in [0.15, 0.2) is 11.5 Å². The summed E-state index contributed by atoms with van der Waals surface area (Å²) in [5, 5.41) is 10.5. The van der Waals surface area contributed by atoms with Crippen LogP contribution >= 0.6 is 11.3 Å². The molecule has 7 nitrogen and oxygen atoms in total. The first-order valence-electron chi connectivity index (χ1n) is 10.2. The fourth-order valence-electron chi connectivity index (χ4n) is 3.85. The lowest BCUT2D eigenvalue weighted by Gasteiger charge is -2.07. The molecular weight excluding hydrogens is 424 g/mol. The lowest BCUT2D eigenvalue weighted by Crippen LogP contribution is -2.17. The van der Waals surface area contributed by atoms with Gasteiger partial charge >= 0.3 is 0 Å². The minimum absolute atomic E-state index is 0.108. The van der Waals surface area contributed by atoms with Crippen molar-refractivity contribution < 1.29 is 14.3 Å². The third-order valence-electron chi connectivity index (χ3n) is 5.33. The number of aryl methyl sites for hydroxylation is 1. The Kier molecular flexibility index (Phi) is 4.32. The summed E-state index contributed by atoms with van der Waals surface area (Å²) < 4.78 is 13.5. The molecule has 3 heterocycles. The highest BCUT2D eigenvalue weighted by molar-refractivity contribution is 7.20. The molecule has 8 heteroatoms. The van der Waals surface area contributed by atoms with E-state index >= 15 is 0 Å². The molecule has 6 rings (SSSR count). The normalized spacial score (nSPS) is 12.5. The van der Waals surface area contributed by atoms with Crippen molar-refractivity contribution >= 4 is 44.1 Å². The Morgan fingerprint density at radius 2 is 1.88 bits per heavy atom. The van der Waals surface area contributed by atoms with Gasteiger partial charge in [-0.25, -0.2) is 4.98 Å². The molecule has 1 aliphatic rings. The number of ether oxygens (including phenoxy) is 2. The van der Waals surface area contributed by atoms with Crippen molar-refractivity contribution in [3.8, 4) is 16.6 Å². The summed E-state index contributed by atoms with van der Waals surface area (Å²) >= 11 is 1.48. The largest absolute Gasteiger partial charge is 0.454 e. The first kappa shape index (κ1) is 18.8. The molecule has 5 aromatic rings. The zero-order valence-corrected chi connectivity index (χ0v) is 18.0. The van der Waals surface area contributed by atoms with E-state index in [1.165, 1.54) is 11.3 Å². The number of hydrogen-bond acceptors (Lipinski definition) is 6. The van der Waals surface area contributed by atoms with Crippen LogP contribution in [0.3, 0.4) is 0 Å². The number of nitrogens with zero attached hydrogens (tertiary/aromatic N) is 3. The number of rotatable bonds is 4. The van der Waals surface area contributed by atoms with E-state index in [1.807, 2.05) is 61.5 Å². The predicted molar refractivity (Wildman–Crippen MR) is 124 cm³/mol. The number of benzene rings is 3. The zero-order chi connectivity index (χ0) is 21.7. The lowest BCUT2D eigenvalue weighted by atomic mass is 10.1. The molecule has 0 atom stereocenters. The molecule has 32 heavy (non-hydrogen) atoms. The van der Waals surface area contributed by atoms with Crippen LogP contribution in [0.25, 0.3) is 26.1 Å². The van der Waals surface area contributed by atoms with Gasteiger partial charge in [0.25, 0.3) is 0 Å².